The van der Waals surface area contributed by atoms with Gasteiger partial charge in [-0.25, -0.2) is 9.97 Å². The molecule has 5 nitrogen and oxygen atoms in total. The molecule has 0 amide bonds. The normalized spacial score (nSPS) is 20.8. The fourth-order valence-corrected chi connectivity index (χ4v) is 2.52. The topological polar surface area (TPSA) is 67.1 Å². The SMILES string of the molecule is CC1CNCCN1Cc1nc(N)c2ccccc2n1. The molecule has 5 heteroatoms. The van der Waals surface area contributed by atoms with E-state index in [0.29, 0.717) is 11.9 Å². The Balaban J connectivity index is 1.88. The van der Waals surface area contributed by atoms with Gasteiger partial charge < -0.3 is 11.1 Å². The zero-order valence-electron chi connectivity index (χ0n) is 11.1. The molecule has 100 valence electrons. The second-order valence-corrected chi connectivity index (χ2v) is 5.07. The Bertz CT molecular complexity index is 583. The molecule has 1 aromatic carbocycles. The Labute approximate surface area is 112 Å². The van der Waals surface area contributed by atoms with Crippen LogP contribution < -0.4 is 11.1 Å². The van der Waals surface area contributed by atoms with Crippen LogP contribution in [0.15, 0.2) is 24.3 Å². The molecule has 0 saturated carbocycles. The number of nitrogens with two attached hydrogens (primary N) is 1. The monoisotopic (exact) mass is 257 g/mol. The van der Waals surface area contributed by atoms with Crippen LogP contribution in [0.4, 0.5) is 5.82 Å². The molecule has 1 aromatic heterocycles. The lowest BCUT2D eigenvalue weighted by Crippen LogP contribution is -2.49. The van der Waals surface area contributed by atoms with Crippen LogP contribution in [-0.4, -0.2) is 40.5 Å². The molecule has 0 spiro atoms. The Kier molecular flexibility index (Phi) is 3.31. The first-order valence-electron chi connectivity index (χ1n) is 6.70. The maximum Gasteiger partial charge on any atom is 0.145 e. The second-order valence-electron chi connectivity index (χ2n) is 5.07. The van der Waals surface area contributed by atoms with Crippen molar-refractivity contribution < 1.29 is 0 Å². The van der Waals surface area contributed by atoms with Gasteiger partial charge in [0.05, 0.1) is 12.1 Å². The number of nitrogens with one attached hydrogen (secondary N) is 1. The summed E-state index contributed by atoms with van der Waals surface area (Å²) in [6, 6.07) is 8.39. The highest BCUT2D eigenvalue weighted by Crippen LogP contribution is 2.18. The molecule has 0 radical (unpaired) electrons. The van der Waals surface area contributed by atoms with Crippen LogP contribution in [0.1, 0.15) is 12.7 Å². The summed E-state index contributed by atoms with van der Waals surface area (Å²) in [5.41, 5.74) is 6.94. The van der Waals surface area contributed by atoms with Crippen LogP contribution >= 0.6 is 0 Å². The Hall–Kier alpha value is -1.72. The molecule has 0 aliphatic carbocycles. The molecule has 3 rings (SSSR count). The van der Waals surface area contributed by atoms with Crippen LogP contribution in [-0.2, 0) is 6.54 Å². The fourth-order valence-electron chi connectivity index (χ4n) is 2.52. The molecular formula is C14H19N5. The fraction of sp³-hybridized carbons (Fsp3) is 0.429. The van der Waals surface area contributed by atoms with Gasteiger partial charge in [0.15, 0.2) is 0 Å². The number of anilines is 1. The summed E-state index contributed by atoms with van der Waals surface area (Å²) in [5, 5.41) is 4.31. The molecule has 19 heavy (non-hydrogen) atoms. The third-order valence-corrected chi connectivity index (χ3v) is 3.66. The van der Waals surface area contributed by atoms with E-state index in [9.17, 15) is 0 Å². The van der Waals surface area contributed by atoms with Crippen molar-refractivity contribution in [1.82, 2.24) is 20.2 Å². The third kappa shape index (κ3) is 2.52. The first kappa shape index (κ1) is 12.3. The van der Waals surface area contributed by atoms with Gasteiger partial charge in [0.25, 0.3) is 0 Å². The van der Waals surface area contributed by atoms with Gasteiger partial charge in [-0.05, 0) is 19.1 Å². The second kappa shape index (κ2) is 5.11. The van der Waals surface area contributed by atoms with Gasteiger partial charge in [0, 0.05) is 31.1 Å². The van der Waals surface area contributed by atoms with E-state index in [-0.39, 0.29) is 0 Å². The van der Waals surface area contributed by atoms with Gasteiger partial charge >= 0.3 is 0 Å². The average Bonchev–Trinajstić information content (AvgIpc) is 2.42. The average molecular weight is 257 g/mol. The molecule has 1 unspecified atom stereocenters. The van der Waals surface area contributed by atoms with E-state index >= 15 is 0 Å². The minimum atomic E-state index is 0.505. The highest BCUT2D eigenvalue weighted by molar-refractivity contribution is 5.87. The van der Waals surface area contributed by atoms with E-state index in [0.717, 1.165) is 42.9 Å². The summed E-state index contributed by atoms with van der Waals surface area (Å²) in [5.74, 6) is 1.38. The minimum Gasteiger partial charge on any atom is -0.383 e. The van der Waals surface area contributed by atoms with Gasteiger partial charge in [-0.15, -0.1) is 0 Å². The quantitative estimate of drug-likeness (QED) is 0.840. The van der Waals surface area contributed by atoms with Gasteiger partial charge in [-0.1, -0.05) is 12.1 Å². The number of nitrogens with zero attached hydrogens (tertiary/aromatic N) is 3. The standard InChI is InChI=1S/C14H19N5/c1-10-8-16-6-7-19(10)9-13-17-12-5-3-2-4-11(12)14(15)18-13/h2-5,10,16H,6-9H2,1H3,(H2,15,17,18). The number of rotatable bonds is 2. The van der Waals surface area contributed by atoms with Crippen molar-refractivity contribution in [3.8, 4) is 0 Å². The molecule has 1 atom stereocenters. The molecule has 0 bridgehead atoms. The number of hydrogen-bond donors (Lipinski definition) is 2. The number of benzene rings is 1. The van der Waals surface area contributed by atoms with Gasteiger partial charge in [-0.3, -0.25) is 4.90 Å². The van der Waals surface area contributed by atoms with E-state index in [4.69, 9.17) is 5.73 Å². The number of para-hydroxylation sites is 1. The molecule has 1 aliphatic heterocycles. The van der Waals surface area contributed by atoms with E-state index in [1.165, 1.54) is 0 Å². The zero-order chi connectivity index (χ0) is 13.2. The van der Waals surface area contributed by atoms with Gasteiger partial charge in [-0.2, -0.15) is 0 Å². The van der Waals surface area contributed by atoms with Crippen molar-refractivity contribution in [3.05, 3.63) is 30.1 Å². The van der Waals surface area contributed by atoms with Crippen LogP contribution in [0.5, 0.6) is 0 Å². The smallest absolute Gasteiger partial charge is 0.145 e. The van der Waals surface area contributed by atoms with E-state index in [1.807, 2.05) is 24.3 Å². The summed E-state index contributed by atoms with van der Waals surface area (Å²) >= 11 is 0. The Morgan fingerprint density at radius 1 is 1.37 bits per heavy atom. The van der Waals surface area contributed by atoms with Crippen molar-refractivity contribution in [2.75, 3.05) is 25.4 Å². The number of piperazine rings is 1. The van der Waals surface area contributed by atoms with Crippen molar-refractivity contribution in [2.45, 2.75) is 19.5 Å². The highest BCUT2D eigenvalue weighted by atomic mass is 15.2. The maximum absolute atomic E-state index is 6.01. The van der Waals surface area contributed by atoms with Crippen molar-refractivity contribution in [3.63, 3.8) is 0 Å². The van der Waals surface area contributed by atoms with Crippen molar-refractivity contribution >= 4 is 16.7 Å². The molecule has 2 heterocycles. The van der Waals surface area contributed by atoms with E-state index < -0.39 is 0 Å². The molecule has 2 aromatic rings. The first-order chi connectivity index (χ1) is 9.24. The predicted molar refractivity (Wildman–Crippen MR) is 76.7 cm³/mol. The Morgan fingerprint density at radius 3 is 3.05 bits per heavy atom. The number of aromatic nitrogens is 2. The molecular weight excluding hydrogens is 238 g/mol. The largest absolute Gasteiger partial charge is 0.383 e. The summed E-state index contributed by atoms with van der Waals surface area (Å²) in [6.07, 6.45) is 0. The molecule has 1 saturated heterocycles. The van der Waals surface area contributed by atoms with Crippen LogP contribution in [0, 0.1) is 0 Å². The van der Waals surface area contributed by atoms with Gasteiger partial charge in [0.1, 0.15) is 11.6 Å². The number of fused-ring (bicyclic) bond motifs is 1. The lowest BCUT2D eigenvalue weighted by molar-refractivity contribution is 0.162. The van der Waals surface area contributed by atoms with Crippen molar-refractivity contribution in [1.29, 1.82) is 0 Å². The lowest BCUT2D eigenvalue weighted by atomic mass is 10.2. The lowest BCUT2D eigenvalue weighted by Gasteiger charge is -2.33. The summed E-state index contributed by atoms with van der Waals surface area (Å²) < 4.78 is 0. The molecule has 1 fully saturated rings. The summed E-state index contributed by atoms with van der Waals surface area (Å²) in [4.78, 5) is 11.4. The summed E-state index contributed by atoms with van der Waals surface area (Å²) in [6.45, 7) is 6.04. The van der Waals surface area contributed by atoms with Crippen LogP contribution in [0.25, 0.3) is 10.9 Å². The number of hydrogen-bond acceptors (Lipinski definition) is 5. The van der Waals surface area contributed by atoms with E-state index in [1.54, 1.807) is 0 Å². The van der Waals surface area contributed by atoms with Crippen LogP contribution in [0.3, 0.4) is 0 Å². The molecule has 3 N–H and O–H groups in total. The Morgan fingerprint density at radius 2 is 2.21 bits per heavy atom. The minimum absolute atomic E-state index is 0.505. The summed E-state index contributed by atoms with van der Waals surface area (Å²) in [7, 11) is 0. The zero-order valence-corrected chi connectivity index (χ0v) is 11.1. The highest BCUT2D eigenvalue weighted by Gasteiger charge is 2.19. The van der Waals surface area contributed by atoms with Gasteiger partial charge in [0.2, 0.25) is 0 Å². The van der Waals surface area contributed by atoms with Crippen LogP contribution in [0.2, 0.25) is 0 Å². The number of nitrogen functional groups attached to an aromatic ring is 1. The van der Waals surface area contributed by atoms with Crippen molar-refractivity contribution in [2.24, 2.45) is 0 Å². The van der Waals surface area contributed by atoms with E-state index in [2.05, 4.69) is 27.1 Å². The predicted octanol–water partition coefficient (Wildman–Crippen LogP) is 1.01. The first-order valence-corrected chi connectivity index (χ1v) is 6.70. The molecule has 1 aliphatic rings. The third-order valence-electron chi connectivity index (χ3n) is 3.66. The maximum atomic E-state index is 6.01.